The van der Waals surface area contributed by atoms with Gasteiger partial charge in [0.2, 0.25) is 0 Å². The molecule has 4 nitrogen and oxygen atoms in total. The van der Waals surface area contributed by atoms with Gasteiger partial charge in [-0.1, -0.05) is 0 Å². The Balaban J connectivity index is 2.99. The monoisotopic (exact) mass is 258 g/mol. The third-order valence-electron chi connectivity index (χ3n) is 2.14. The first-order chi connectivity index (χ1) is 7.15. The van der Waals surface area contributed by atoms with E-state index in [1.165, 1.54) is 6.92 Å². The molecule has 1 rings (SSSR count). The predicted octanol–water partition coefficient (Wildman–Crippen LogP) is 1.88. The van der Waals surface area contributed by atoms with Crippen molar-refractivity contribution in [2.24, 2.45) is 0 Å². The summed E-state index contributed by atoms with van der Waals surface area (Å²) in [6.45, 7) is 1.25. The van der Waals surface area contributed by atoms with Crippen LogP contribution >= 0.6 is 0 Å². The second-order valence-corrected chi connectivity index (χ2v) is 4.85. The summed E-state index contributed by atoms with van der Waals surface area (Å²) >= 11 is 0. The lowest BCUT2D eigenvalue weighted by atomic mass is 9.98. The van der Waals surface area contributed by atoms with E-state index in [-0.39, 0.29) is 18.4 Å². The molecule has 8 heteroatoms. The SMILES string of the molecule is CC1=C(OS(=O)(=O)C(F)(F)F)CCCC1=O. The molecule has 0 bridgehead atoms. The Hall–Kier alpha value is -1.05. The minimum absolute atomic E-state index is 0.0207. The molecular formula is C8H9F3O4S. The maximum atomic E-state index is 12.0. The maximum absolute atomic E-state index is 12.0. The Morgan fingerprint density at radius 1 is 1.25 bits per heavy atom. The van der Waals surface area contributed by atoms with E-state index in [1.54, 1.807) is 0 Å². The van der Waals surface area contributed by atoms with Crippen LogP contribution in [0.3, 0.4) is 0 Å². The van der Waals surface area contributed by atoms with Crippen molar-refractivity contribution >= 4 is 15.9 Å². The topological polar surface area (TPSA) is 60.4 Å². The molecule has 0 spiro atoms. The van der Waals surface area contributed by atoms with Crippen LogP contribution in [0.25, 0.3) is 0 Å². The first-order valence-corrected chi connectivity index (χ1v) is 5.79. The molecular weight excluding hydrogens is 249 g/mol. The highest BCUT2D eigenvalue weighted by molar-refractivity contribution is 7.87. The molecule has 0 radical (unpaired) electrons. The number of carbonyl (C=O) groups excluding carboxylic acids is 1. The van der Waals surface area contributed by atoms with Crippen molar-refractivity contribution in [2.45, 2.75) is 31.7 Å². The Morgan fingerprint density at radius 3 is 2.31 bits per heavy atom. The number of ketones is 1. The van der Waals surface area contributed by atoms with Crippen LogP contribution in [0.5, 0.6) is 0 Å². The maximum Gasteiger partial charge on any atom is 0.534 e. The van der Waals surface area contributed by atoms with Crippen LogP contribution in [0.4, 0.5) is 13.2 Å². The van der Waals surface area contributed by atoms with Gasteiger partial charge in [-0.25, -0.2) is 0 Å². The molecule has 0 unspecified atom stereocenters. The zero-order valence-electron chi connectivity index (χ0n) is 8.30. The Bertz CT molecular complexity index is 433. The van der Waals surface area contributed by atoms with Crippen molar-refractivity contribution in [3.05, 3.63) is 11.3 Å². The summed E-state index contributed by atoms with van der Waals surface area (Å²) in [5, 5.41) is 0. The summed E-state index contributed by atoms with van der Waals surface area (Å²) in [5.74, 6) is -0.799. The minimum atomic E-state index is -5.66. The number of carbonyl (C=O) groups is 1. The molecule has 0 aromatic heterocycles. The highest BCUT2D eigenvalue weighted by Crippen LogP contribution is 2.31. The molecule has 0 atom stereocenters. The fourth-order valence-corrected chi connectivity index (χ4v) is 1.79. The molecule has 0 fully saturated rings. The van der Waals surface area contributed by atoms with Crippen LogP contribution in [-0.2, 0) is 19.1 Å². The number of halogens is 3. The van der Waals surface area contributed by atoms with Gasteiger partial charge >= 0.3 is 15.6 Å². The normalized spacial score (nSPS) is 18.9. The van der Waals surface area contributed by atoms with E-state index < -0.39 is 27.2 Å². The van der Waals surface area contributed by atoms with E-state index in [2.05, 4.69) is 4.18 Å². The van der Waals surface area contributed by atoms with Crippen molar-refractivity contribution in [3.63, 3.8) is 0 Å². The summed E-state index contributed by atoms with van der Waals surface area (Å²) < 4.78 is 61.3. The van der Waals surface area contributed by atoms with Crippen LogP contribution in [0.15, 0.2) is 11.3 Å². The van der Waals surface area contributed by atoms with Crippen molar-refractivity contribution in [2.75, 3.05) is 0 Å². The molecule has 92 valence electrons. The number of hydrogen-bond acceptors (Lipinski definition) is 4. The second kappa shape index (κ2) is 4.08. The number of allylic oxidation sites excluding steroid dienone is 2. The number of alkyl halides is 3. The van der Waals surface area contributed by atoms with Gasteiger partial charge in [-0.05, 0) is 13.3 Å². The van der Waals surface area contributed by atoms with Crippen molar-refractivity contribution < 1.29 is 30.6 Å². The largest absolute Gasteiger partial charge is 0.534 e. The fraction of sp³-hybridized carbons (Fsp3) is 0.625. The average Bonchev–Trinajstić information content (AvgIpc) is 2.11. The zero-order chi connectivity index (χ0) is 12.6. The van der Waals surface area contributed by atoms with Crippen LogP contribution < -0.4 is 0 Å². The first kappa shape index (κ1) is 13.0. The third-order valence-corrected chi connectivity index (χ3v) is 3.13. The summed E-state index contributed by atoms with van der Waals surface area (Å²) in [5.41, 5.74) is -5.53. The Labute approximate surface area is 90.2 Å². The van der Waals surface area contributed by atoms with Gasteiger partial charge in [-0.15, -0.1) is 0 Å². The van der Waals surface area contributed by atoms with E-state index in [9.17, 15) is 26.4 Å². The zero-order valence-corrected chi connectivity index (χ0v) is 9.11. The predicted molar refractivity (Wildman–Crippen MR) is 47.6 cm³/mol. The van der Waals surface area contributed by atoms with E-state index in [4.69, 9.17) is 0 Å². The van der Waals surface area contributed by atoms with Crippen molar-refractivity contribution in [1.29, 1.82) is 0 Å². The van der Waals surface area contributed by atoms with Crippen LogP contribution in [0.2, 0.25) is 0 Å². The summed E-state index contributed by atoms with van der Waals surface area (Å²) in [6, 6.07) is 0. The van der Waals surface area contributed by atoms with Gasteiger partial charge in [0.15, 0.2) is 5.78 Å². The molecule has 0 amide bonds. The number of rotatable bonds is 2. The van der Waals surface area contributed by atoms with Gasteiger partial charge in [0.1, 0.15) is 5.76 Å². The van der Waals surface area contributed by atoms with Gasteiger partial charge in [0.05, 0.1) is 0 Å². The molecule has 1 aliphatic carbocycles. The molecule has 0 aromatic rings. The van der Waals surface area contributed by atoms with E-state index in [1.807, 2.05) is 0 Å². The van der Waals surface area contributed by atoms with Gasteiger partial charge in [-0.2, -0.15) is 21.6 Å². The van der Waals surface area contributed by atoms with Crippen molar-refractivity contribution in [1.82, 2.24) is 0 Å². The number of Topliss-reactive ketones (excluding diaryl/α,β-unsaturated/α-hetero) is 1. The summed E-state index contributed by atoms with van der Waals surface area (Å²) in [6.07, 6.45) is 0.510. The van der Waals surface area contributed by atoms with Gasteiger partial charge in [0.25, 0.3) is 0 Å². The fourth-order valence-electron chi connectivity index (χ4n) is 1.22. The lowest BCUT2D eigenvalue weighted by Crippen LogP contribution is -2.26. The smallest absolute Gasteiger partial charge is 0.380 e. The van der Waals surface area contributed by atoms with E-state index in [0.29, 0.717) is 6.42 Å². The molecule has 0 N–H and O–H groups in total. The van der Waals surface area contributed by atoms with Crippen LogP contribution in [0.1, 0.15) is 26.2 Å². The van der Waals surface area contributed by atoms with Crippen LogP contribution in [0, 0.1) is 0 Å². The van der Waals surface area contributed by atoms with Gasteiger partial charge < -0.3 is 4.18 Å². The number of hydrogen-bond donors (Lipinski definition) is 0. The second-order valence-electron chi connectivity index (χ2n) is 3.31. The molecule has 16 heavy (non-hydrogen) atoms. The standard InChI is InChI=1S/C8H9F3O4S/c1-5-6(12)3-2-4-7(5)15-16(13,14)8(9,10)11/h2-4H2,1H3. The highest BCUT2D eigenvalue weighted by atomic mass is 32.2. The Morgan fingerprint density at radius 2 is 1.81 bits per heavy atom. The quantitative estimate of drug-likeness (QED) is 0.560. The van der Waals surface area contributed by atoms with Crippen molar-refractivity contribution in [3.8, 4) is 0 Å². The summed E-state index contributed by atoms with van der Waals surface area (Å²) in [4.78, 5) is 11.1. The third kappa shape index (κ3) is 2.55. The van der Waals surface area contributed by atoms with Crippen LogP contribution in [-0.4, -0.2) is 19.7 Å². The molecule has 1 aliphatic rings. The molecule has 0 heterocycles. The highest BCUT2D eigenvalue weighted by Gasteiger charge is 2.49. The lowest BCUT2D eigenvalue weighted by Gasteiger charge is -2.17. The lowest BCUT2D eigenvalue weighted by molar-refractivity contribution is -0.116. The molecule has 0 aromatic carbocycles. The minimum Gasteiger partial charge on any atom is -0.380 e. The molecule has 0 aliphatic heterocycles. The average molecular weight is 258 g/mol. The van der Waals surface area contributed by atoms with Gasteiger partial charge in [0, 0.05) is 18.4 Å². The Kier molecular flexibility index (Phi) is 3.32. The summed E-state index contributed by atoms with van der Waals surface area (Å²) in [7, 11) is -5.66. The first-order valence-electron chi connectivity index (χ1n) is 4.39. The van der Waals surface area contributed by atoms with E-state index >= 15 is 0 Å². The van der Waals surface area contributed by atoms with E-state index in [0.717, 1.165) is 0 Å². The van der Waals surface area contributed by atoms with Gasteiger partial charge in [-0.3, -0.25) is 4.79 Å². The molecule has 0 saturated heterocycles. The molecule has 0 saturated carbocycles.